The normalized spacial score (nSPS) is 11.9. The van der Waals surface area contributed by atoms with Gasteiger partial charge in [-0.1, -0.05) is 25.1 Å². The fraction of sp³-hybridized carbons (Fsp3) is 0.200. The van der Waals surface area contributed by atoms with Crippen molar-refractivity contribution in [2.45, 2.75) is 24.4 Å². The number of ether oxygens (including phenoxy) is 1. The van der Waals surface area contributed by atoms with Gasteiger partial charge in [0, 0.05) is 23.7 Å². The standard InChI is InChI=1S/C25H22F3N3O4S2/c1-3-12-29-24(32)35-18-8-5-7-17(14-18)31-20(15-23(30-31)25(26,27)28)22-11-10-21(36-22)16-6-4-9-19(13-16)37(2,33)34/h4-11,13-15H,3,12H2,1-2H3,(H,29,32). The molecule has 4 aromatic rings. The summed E-state index contributed by atoms with van der Waals surface area (Å²) in [5.41, 5.74) is -0.0194. The van der Waals surface area contributed by atoms with Gasteiger partial charge in [-0.05, 0) is 54.4 Å². The molecule has 2 aromatic heterocycles. The number of benzene rings is 2. The molecule has 37 heavy (non-hydrogen) atoms. The lowest BCUT2D eigenvalue weighted by Gasteiger charge is -2.10. The Balaban J connectivity index is 1.74. The number of thiophene rings is 1. The Kier molecular flexibility index (Phi) is 7.42. The minimum atomic E-state index is -4.68. The van der Waals surface area contributed by atoms with Crippen LogP contribution in [0.4, 0.5) is 18.0 Å². The predicted molar refractivity (Wildman–Crippen MR) is 135 cm³/mol. The molecule has 0 aliphatic carbocycles. The molecule has 0 fully saturated rings. The van der Waals surface area contributed by atoms with Gasteiger partial charge in [0.25, 0.3) is 0 Å². The number of nitrogens with zero attached hydrogens (tertiary/aromatic N) is 2. The zero-order valence-corrected chi connectivity index (χ0v) is 21.4. The van der Waals surface area contributed by atoms with Gasteiger partial charge in [0.15, 0.2) is 15.5 Å². The van der Waals surface area contributed by atoms with Crippen molar-refractivity contribution in [3.8, 4) is 32.4 Å². The summed E-state index contributed by atoms with van der Waals surface area (Å²) >= 11 is 1.20. The number of amides is 1. The average molecular weight is 550 g/mol. The van der Waals surface area contributed by atoms with E-state index >= 15 is 0 Å². The van der Waals surface area contributed by atoms with Crippen LogP contribution in [0, 0.1) is 0 Å². The highest BCUT2D eigenvalue weighted by Gasteiger charge is 2.35. The average Bonchev–Trinajstić information content (AvgIpc) is 3.50. The van der Waals surface area contributed by atoms with Crippen LogP contribution in [0.5, 0.6) is 5.75 Å². The molecule has 0 radical (unpaired) electrons. The first-order chi connectivity index (χ1) is 17.5. The molecule has 1 amide bonds. The largest absolute Gasteiger partial charge is 0.435 e. The summed E-state index contributed by atoms with van der Waals surface area (Å²) in [6, 6.07) is 16.7. The summed E-state index contributed by atoms with van der Waals surface area (Å²) in [5, 5.41) is 6.35. The van der Waals surface area contributed by atoms with Gasteiger partial charge >= 0.3 is 12.3 Å². The molecule has 0 unspecified atom stereocenters. The molecule has 4 rings (SSSR count). The van der Waals surface area contributed by atoms with E-state index in [1.54, 1.807) is 36.4 Å². The maximum absolute atomic E-state index is 13.6. The van der Waals surface area contributed by atoms with E-state index in [1.807, 2.05) is 6.92 Å². The molecule has 0 atom stereocenters. The minimum absolute atomic E-state index is 0.143. The van der Waals surface area contributed by atoms with Crippen molar-refractivity contribution in [3.63, 3.8) is 0 Å². The van der Waals surface area contributed by atoms with E-state index in [0.29, 0.717) is 28.3 Å². The van der Waals surface area contributed by atoms with Crippen LogP contribution < -0.4 is 10.1 Å². The van der Waals surface area contributed by atoms with E-state index in [0.717, 1.165) is 17.0 Å². The highest BCUT2D eigenvalue weighted by Crippen LogP contribution is 2.39. The van der Waals surface area contributed by atoms with Crippen LogP contribution >= 0.6 is 11.3 Å². The van der Waals surface area contributed by atoms with Gasteiger partial charge in [-0.2, -0.15) is 18.3 Å². The molecule has 0 spiro atoms. The van der Waals surface area contributed by atoms with Crippen molar-refractivity contribution in [3.05, 3.63) is 72.4 Å². The quantitative estimate of drug-likeness (QED) is 0.297. The summed E-state index contributed by atoms with van der Waals surface area (Å²) in [4.78, 5) is 13.2. The van der Waals surface area contributed by atoms with E-state index in [1.165, 1.54) is 35.6 Å². The van der Waals surface area contributed by atoms with Gasteiger partial charge in [-0.25, -0.2) is 17.9 Å². The van der Waals surface area contributed by atoms with Gasteiger partial charge in [0.05, 0.1) is 21.2 Å². The zero-order chi connectivity index (χ0) is 26.8. The van der Waals surface area contributed by atoms with Crippen LogP contribution in [-0.2, 0) is 16.0 Å². The van der Waals surface area contributed by atoms with Crippen LogP contribution in [0.25, 0.3) is 26.7 Å². The predicted octanol–water partition coefficient (Wildman–Crippen LogP) is 6.19. The Morgan fingerprint density at radius 1 is 1.05 bits per heavy atom. The second kappa shape index (κ2) is 10.4. The highest BCUT2D eigenvalue weighted by molar-refractivity contribution is 7.90. The smallest absolute Gasteiger partial charge is 0.410 e. The molecule has 0 saturated carbocycles. The topological polar surface area (TPSA) is 90.3 Å². The van der Waals surface area contributed by atoms with Crippen molar-refractivity contribution >= 4 is 27.3 Å². The third kappa shape index (κ3) is 6.20. The van der Waals surface area contributed by atoms with E-state index in [2.05, 4.69) is 10.4 Å². The number of carbonyl (C=O) groups is 1. The number of nitrogens with one attached hydrogen (secondary N) is 1. The Morgan fingerprint density at radius 2 is 1.78 bits per heavy atom. The second-order valence-electron chi connectivity index (χ2n) is 8.10. The lowest BCUT2D eigenvalue weighted by Crippen LogP contribution is -2.27. The molecular formula is C25H22F3N3O4S2. The summed E-state index contributed by atoms with van der Waals surface area (Å²) in [7, 11) is -3.43. The maximum atomic E-state index is 13.6. The Hall–Kier alpha value is -3.64. The molecule has 12 heteroatoms. The van der Waals surface area contributed by atoms with E-state index in [-0.39, 0.29) is 22.0 Å². The van der Waals surface area contributed by atoms with Gasteiger partial charge in [-0.3, -0.25) is 0 Å². The van der Waals surface area contributed by atoms with Crippen molar-refractivity contribution < 1.29 is 31.1 Å². The molecule has 0 aliphatic rings. The molecule has 2 heterocycles. The summed E-state index contributed by atoms with van der Waals surface area (Å²) in [6.07, 6.45) is -3.53. The number of hydrogen-bond donors (Lipinski definition) is 1. The zero-order valence-electron chi connectivity index (χ0n) is 19.7. The minimum Gasteiger partial charge on any atom is -0.410 e. The Bertz CT molecular complexity index is 1540. The molecule has 1 N–H and O–H groups in total. The Labute approximate surface area is 215 Å². The van der Waals surface area contributed by atoms with Crippen LogP contribution in [0.2, 0.25) is 0 Å². The lowest BCUT2D eigenvalue weighted by atomic mass is 10.2. The first-order valence-electron chi connectivity index (χ1n) is 11.1. The van der Waals surface area contributed by atoms with Crippen LogP contribution in [0.1, 0.15) is 19.0 Å². The highest BCUT2D eigenvalue weighted by atomic mass is 32.2. The third-order valence-corrected chi connectivity index (χ3v) is 7.46. The molecule has 0 saturated heterocycles. The fourth-order valence-corrected chi connectivity index (χ4v) is 5.12. The summed E-state index contributed by atoms with van der Waals surface area (Å²) in [5.74, 6) is 0.144. The monoisotopic (exact) mass is 549 g/mol. The van der Waals surface area contributed by atoms with Crippen molar-refractivity contribution in [2.75, 3.05) is 12.8 Å². The summed E-state index contributed by atoms with van der Waals surface area (Å²) < 4.78 is 71.1. The maximum Gasteiger partial charge on any atom is 0.435 e. The molecule has 0 aliphatic heterocycles. The van der Waals surface area contributed by atoms with E-state index < -0.39 is 27.8 Å². The van der Waals surface area contributed by atoms with Crippen LogP contribution in [0.15, 0.2) is 71.6 Å². The van der Waals surface area contributed by atoms with Crippen molar-refractivity contribution in [1.29, 1.82) is 0 Å². The molecule has 7 nitrogen and oxygen atoms in total. The second-order valence-corrected chi connectivity index (χ2v) is 11.2. The number of hydrogen-bond acceptors (Lipinski definition) is 6. The van der Waals surface area contributed by atoms with Gasteiger partial charge in [0.1, 0.15) is 5.75 Å². The van der Waals surface area contributed by atoms with Gasteiger partial charge < -0.3 is 10.1 Å². The van der Waals surface area contributed by atoms with Crippen molar-refractivity contribution in [1.82, 2.24) is 15.1 Å². The number of sulfone groups is 1. The van der Waals surface area contributed by atoms with Crippen molar-refractivity contribution in [2.24, 2.45) is 0 Å². The SMILES string of the molecule is CCCNC(=O)Oc1cccc(-n2nc(C(F)(F)F)cc2-c2ccc(-c3cccc(S(C)(=O)=O)c3)s2)c1. The first-order valence-corrected chi connectivity index (χ1v) is 13.8. The van der Waals surface area contributed by atoms with E-state index in [4.69, 9.17) is 4.74 Å². The number of halogens is 3. The van der Waals surface area contributed by atoms with Gasteiger partial charge in [-0.15, -0.1) is 11.3 Å². The number of alkyl halides is 3. The third-order valence-electron chi connectivity index (χ3n) is 5.20. The van der Waals surface area contributed by atoms with Gasteiger partial charge in [0.2, 0.25) is 0 Å². The number of rotatable bonds is 7. The molecule has 2 aromatic carbocycles. The fourth-order valence-electron chi connectivity index (χ4n) is 3.45. The van der Waals surface area contributed by atoms with Crippen LogP contribution in [-0.4, -0.2) is 37.1 Å². The number of carbonyl (C=O) groups excluding carboxylic acids is 1. The molecular weight excluding hydrogens is 527 g/mol. The molecule has 0 bridgehead atoms. The Morgan fingerprint density at radius 3 is 2.49 bits per heavy atom. The lowest BCUT2D eigenvalue weighted by molar-refractivity contribution is -0.141. The summed E-state index contributed by atoms with van der Waals surface area (Å²) in [6.45, 7) is 2.31. The molecule has 194 valence electrons. The van der Waals surface area contributed by atoms with E-state index in [9.17, 15) is 26.4 Å². The first kappa shape index (κ1) is 26.4. The number of aromatic nitrogens is 2. The van der Waals surface area contributed by atoms with Crippen LogP contribution in [0.3, 0.4) is 0 Å².